The van der Waals surface area contributed by atoms with Gasteiger partial charge in [-0.15, -0.1) is 0 Å². The van der Waals surface area contributed by atoms with Crippen molar-refractivity contribution in [3.05, 3.63) is 82.4 Å². The molecule has 0 aliphatic carbocycles. The van der Waals surface area contributed by atoms with Crippen LogP contribution in [0.15, 0.2) is 65.6 Å². The van der Waals surface area contributed by atoms with Crippen LogP contribution in [0.25, 0.3) is 0 Å². The van der Waals surface area contributed by atoms with Crippen LogP contribution in [0.3, 0.4) is 0 Å². The molecule has 0 bridgehead atoms. The standard InChI is InChI=1S/C24H23ClN2O5S/c1-31-20-9-10-22(32-2)23(14-20)33(29,30)26-15-16-3-4-17-11-12-27(21(17)13-16)24(28)18-5-7-19(25)8-6-18/h3-10,13-14,26H,11-12,15H2,1-2H3. The summed E-state index contributed by atoms with van der Waals surface area (Å²) in [6.45, 7) is 0.617. The van der Waals surface area contributed by atoms with Crippen LogP contribution in [-0.2, 0) is 23.0 Å². The minimum Gasteiger partial charge on any atom is -0.497 e. The van der Waals surface area contributed by atoms with Crippen molar-refractivity contribution in [2.24, 2.45) is 0 Å². The Bertz CT molecular complexity index is 1290. The Morgan fingerprint density at radius 1 is 1.03 bits per heavy atom. The number of benzene rings is 3. The molecule has 1 amide bonds. The summed E-state index contributed by atoms with van der Waals surface area (Å²) in [5, 5.41) is 0.565. The zero-order chi connectivity index (χ0) is 23.6. The molecule has 1 N–H and O–H groups in total. The van der Waals surface area contributed by atoms with Crippen LogP contribution in [0.5, 0.6) is 11.5 Å². The first-order chi connectivity index (χ1) is 15.8. The van der Waals surface area contributed by atoms with Crippen molar-refractivity contribution in [3.8, 4) is 11.5 Å². The molecule has 7 nitrogen and oxygen atoms in total. The number of hydrogen-bond acceptors (Lipinski definition) is 5. The van der Waals surface area contributed by atoms with Crippen molar-refractivity contribution in [1.29, 1.82) is 0 Å². The van der Waals surface area contributed by atoms with E-state index in [4.69, 9.17) is 21.1 Å². The van der Waals surface area contributed by atoms with E-state index in [9.17, 15) is 13.2 Å². The average Bonchev–Trinajstić information content (AvgIpc) is 3.25. The number of fused-ring (bicyclic) bond motifs is 1. The number of sulfonamides is 1. The van der Waals surface area contributed by atoms with Crippen molar-refractivity contribution in [2.45, 2.75) is 17.9 Å². The molecule has 3 aromatic rings. The summed E-state index contributed by atoms with van der Waals surface area (Å²) in [7, 11) is -0.997. The Labute approximate surface area is 197 Å². The molecule has 0 atom stereocenters. The molecule has 172 valence electrons. The zero-order valence-electron chi connectivity index (χ0n) is 18.2. The predicted octanol–water partition coefficient (Wildman–Crippen LogP) is 4.04. The largest absolute Gasteiger partial charge is 0.497 e. The minimum atomic E-state index is -3.87. The maximum Gasteiger partial charge on any atom is 0.258 e. The lowest BCUT2D eigenvalue weighted by Crippen LogP contribution is -2.29. The summed E-state index contributed by atoms with van der Waals surface area (Å²) in [5.41, 5.74) is 3.10. The number of nitrogens with one attached hydrogen (secondary N) is 1. The highest BCUT2D eigenvalue weighted by Crippen LogP contribution is 2.31. The zero-order valence-corrected chi connectivity index (χ0v) is 19.7. The predicted molar refractivity (Wildman–Crippen MR) is 127 cm³/mol. The third-order valence-electron chi connectivity index (χ3n) is 5.51. The van der Waals surface area contributed by atoms with Gasteiger partial charge in [0, 0.05) is 35.4 Å². The highest BCUT2D eigenvalue weighted by Gasteiger charge is 2.26. The molecule has 33 heavy (non-hydrogen) atoms. The smallest absolute Gasteiger partial charge is 0.258 e. The van der Waals surface area contributed by atoms with Crippen LogP contribution in [0.1, 0.15) is 21.5 Å². The number of hydrogen-bond donors (Lipinski definition) is 1. The van der Waals surface area contributed by atoms with Crippen molar-refractivity contribution >= 4 is 33.2 Å². The average molecular weight is 487 g/mol. The van der Waals surface area contributed by atoms with Gasteiger partial charge in [0.15, 0.2) is 0 Å². The number of anilines is 1. The van der Waals surface area contributed by atoms with E-state index < -0.39 is 10.0 Å². The molecule has 4 rings (SSSR count). The summed E-state index contributed by atoms with van der Waals surface area (Å²) in [4.78, 5) is 14.7. The second-order valence-electron chi connectivity index (χ2n) is 7.52. The Hall–Kier alpha value is -3.07. The lowest BCUT2D eigenvalue weighted by atomic mass is 10.1. The van der Waals surface area contributed by atoms with Crippen molar-refractivity contribution in [2.75, 3.05) is 25.7 Å². The Balaban J connectivity index is 1.55. The molecule has 0 unspecified atom stereocenters. The van der Waals surface area contributed by atoms with Gasteiger partial charge in [0.05, 0.1) is 14.2 Å². The number of methoxy groups -OCH3 is 2. The maximum absolute atomic E-state index is 13.0. The topological polar surface area (TPSA) is 84.9 Å². The normalized spacial score (nSPS) is 13.0. The number of amides is 1. The number of carbonyl (C=O) groups is 1. The highest BCUT2D eigenvalue weighted by atomic mass is 35.5. The molecule has 0 radical (unpaired) electrons. The summed E-state index contributed by atoms with van der Waals surface area (Å²) < 4.78 is 38.9. The molecule has 1 aliphatic heterocycles. The highest BCUT2D eigenvalue weighted by molar-refractivity contribution is 7.89. The molecule has 9 heteroatoms. The SMILES string of the molecule is COc1ccc(OC)c(S(=O)(=O)NCc2ccc3c(c2)N(C(=O)c2ccc(Cl)cc2)CC3)c1. The van der Waals surface area contributed by atoms with Gasteiger partial charge in [0.2, 0.25) is 10.0 Å². The van der Waals surface area contributed by atoms with Gasteiger partial charge in [-0.05, 0) is 60.0 Å². The summed E-state index contributed by atoms with van der Waals surface area (Å²) in [5.74, 6) is 0.506. The third kappa shape index (κ3) is 4.83. The van der Waals surface area contributed by atoms with Crippen molar-refractivity contribution < 1.29 is 22.7 Å². The molecular formula is C24H23ClN2O5S. The van der Waals surface area contributed by atoms with Gasteiger partial charge < -0.3 is 14.4 Å². The van der Waals surface area contributed by atoms with Gasteiger partial charge in [0.25, 0.3) is 5.91 Å². The summed E-state index contributed by atoms with van der Waals surface area (Å²) in [6.07, 6.45) is 0.738. The monoisotopic (exact) mass is 486 g/mol. The van der Waals surface area contributed by atoms with E-state index in [1.807, 2.05) is 18.2 Å². The molecule has 0 saturated carbocycles. The first kappa shape index (κ1) is 23.1. The van der Waals surface area contributed by atoms with Gasteiger partial charge >= 0.3 is 0 Å². The van der Waals surface area contributed by atoms with E-state index in [1.165, 1.54) is 20.3 Å². The van der Waals surface area contributed by atoms with Crippen LogP contribution < -0.4 is 19.1 Å². The summed E-state index contributed by atoms with van der Waals surface area (Å²) in [6, 6.07) is 17.0. The van der Waals surface area contributed by atoms with Gasteiger partial charge in [0.1, 0.15) is 16.4 Å². The van der Waals surface area contributed by atoms with Crippen molar-refractivity contribution in [1.82, 2.24) is 4.72 Å². The Kier molecular flexibility index (Phi) is 6.60. The molecule has 1 heterocycles. The Morgan fingerprint density at radius 2 is 1.79 bits per heavy atom. The summed E-state index contributed by atoms with van der Waals surface area (Å²) >= 11 is 5.93. The van der Waals surface area contributed by atoms with Gasteiger partial charge in [-0.25, -0.2) is 13.1 Å². The van der Waals surface area contributed by atoms with E-state index in [-0.39, 0.29) is 23.1 Å². The maximum atomic E-state index is 13.0. The van der Waals surface area contributed by atoms with E-state index in [0.29, 0.717) is 22.9 Å². The lowest BCUT2D eigenvalue weighted by Gasteiger charge is -2.18. The van der Waals surface area contributed by atoms with Crippen LogP contribution >= 0.6 is 11.6 Å². The molecule has 0 aromatic heterocycles. The molecule has 0 saturated heterocycles. The fourth-order valence-electron chi connectivity index (χ4n) is 3.74. The van der Waals surface area contributed by atoms with Gasteiger partial charge in [-0.1, -0.05) is 23.7 Å². The van der Waals surface area contributed by atoms with E-state index >= 15 is 0 Å². The van der Waals surface area contributed by atoms with Gasteiger partial charge in [-0.2, -0.15) is 0 Å². The van der Waals surface area contributed by atoms with E-state index in [0.717, 1.165) is 23.2 Å². The van der Waals surface area contributed by atoms with E-state index in [2.05, 4.69) is 4.72 Å². The lowest BCUT2D eigenvalue weighted by molar-refractivity contribution is 0.0989. The number of halogens is 1. The molecule has 3 aromatic carbocycles. The quantitative estimate of drug-likeness (QED) is 0.545. The molecular weight excluding hydrogens is 464 g/mol. The fourth-order valence-corrected chi connectivity index (χ4v) is 5.07. The fraction of sp³-hybridized carbons (Fsp3) is 0.208. The number of nitrogens with zero attached hydrogens (tertiary/aromatic N) is 1. The first-order valence-corrected chi connectivity index (χ1v) is 12.1. The second-order valence-corrected chi connectivity index (χ2v) is 9.69. The van der Waals surface area contributed by atoms with Crippen LogP contribution in [0.2, 0.25) is 5.02 Å². The van der Waals surface area contributed by atoms with Crippen molar-refractivity contribution in [3.63, 3.8) is 0 Å². The molecule has 0 spiro atoms. The minimum absolute atomic E-state index is 0.00921. The van der Waals surface area contributed by atoms with E-state index in [1.54, 1.807) is 41.3 Å². The number of carbonyl (C=O) groups excluding carboxylic acids is 1. The first-order valence-electron chi connectivity index (χ1n) is 10.2. The third-order valence-corrected chi connectivity index (χ3v) is 7.18. The Morgan fingerprint density at radius 3 is 2.48 bits per heavy atom. The van der Waals surface area contributed by atoms with Crippen LogP contribution in [-0.4, -0.2) is 35.1 Å². The number of ether oxygens (including phenoxy) is 2. The van der Waals surface area contributed by atoms with Crippen LogP contribution in [0.4, 0.5) is 5.69 Å². The number of rotatable bonds is 7. The molecule has 1 aliphatic rings. The van der Waals surface area contributed by atoms with Crippen LogP contribution in [0, 0.1) is 0 Å². The van der Waals surface area contributed by atoms with Gasteiger partial charge in [-0.3, -0.25) is 4.79 Å². The second kappa shape index (κ2) is 9.43. The molecule has 0 fully saturated rings.